The van der Waals surface area contributed by atoms with Gasteiger partial charge in [-0.3, -0.25) is 0 Å². The molecule has 1 fully saturated rings. The van der Waals surface area contributed by atoms with E-state index in [1.807, 2.05) is 6.07 Å². The van der Waals surface area contributed by atoms with Gasteiger partial charge in [0.05, 0.1) is 0 Å². The average Bonchev–Trinajstić information content (AvgIpc) is 2.19. The van der Waals surface area contributed by atoms with Gasteiger partial charge >= 0.3 is 0 Å². The van der Waals surface area contributed by atoms with Crippen molar-refractivity contribution >= 4 is 7.49 Å². The highest BCUT2D eigenvalue weighted by atomic mass is 31.2. The van der Waals surface area contributed by atoms with E-state index in [1.165, 1.54) is 24.8 Å². The third-order valence-corrected chi connectivity index (χ3v) is 6.22. The summed E-state index contributed by atoms with van der Waals surface area (Å²) in [6, 6.07) is 10.4. The van der Waals surface area contributed by atoms with Crippen molar-refractivity contribution in [2.24, 2.45) is 0 Å². The summed E-state index contributed by atoms with van der Waals surface area (Å²) in [5, 5.41) is 0. The molecule has 1 radical (unpaired) electrons. The number of rotatable bonds is 2. The lowest BCUT2D eigenvalue weighted by atomic mass is 10.2. The van der Waals surface area contributed by atoms with E-state index in [1.54, 1.807) is 0 Å². The molecule has 0 bridgehead atoms. The lowest BCUT2D eigenvalue weighted by Crippen LogP contribution is -2.11. The van der Waals surface area contributed by atoms with Gasteiger partial charge in [-0.25, -0.2) is 0 Å². The molecular formula is C12H18OP. The van der Waals surface area contributed by atoms with Crippen molar-refractivity contribution in [2.45, 2.75) is 25.4 Å². The Labute approximate surface area is 86.6 Å². The van der Waals surface area contributed by atoms with Crippen LogP contribution in [0.5, 0.6) is 0 Å². The molecule has 0 unspecified atom stereocenters. The molecule has 1 aliphatic rings. The highest BCUT2D eigenvalue weighted by molar-refractivity contribution is 7.69. The van der Waals surface area contributed by atoms with Gasteiger partial charge in [0.25, 0.3) is 0 Å². The molecule has 2 heteroatoms. The molecule has 1 heterocycles. The highest BCUT2D eigenvalue weighted by Crippen LogP contribution is 2.60. The molecule has 2 rings (SSSR count). The molecule has 77 valence electrons. The van der Waals surface area contributed by atoms with Crippen LogP contribution in [0, 0.1) is 0 Å². The van der Waals surface area contributed by atoms with Crippen molar-refractivity contribution in [2.75, 3.05) is 12.3 Å². The Morgan fingerprint density at radius 1 is 1.00 bits per heavy atom. The number of hydrogen-bond acceptors (Lipinski definition) is 1. The maximum atomic E-state index is 10.4. The van der Waals surface area contributed by atoms with Crippen LogP contribution >= 0.6 is 7.49 Å². The summed E-state index contributed by atoms with van der Waals surface area (Å²) in [4.78, 5) is 10.4. The van der Waals surface area contributed by atoms with Crippen LogP contribution in [0.4, 0.5) is 0 Å². The smallest absolute Gasteiger partial charge is 0.0115 e. The normalized spacial score (nSPS) is 20.6. The van der Waals surface area contributed by atoms with Gasteiger partial charge in [0.15, 0.2) is 0 Å². The van der Waals surface area contributed by atoms with E-state index in [9.17, 15) is 4.89 Å². The Bertz CT molecular complexity index is 278. The summed E-state index contributed by atoms with van der Waals surface area (Å²) in [7, 11) is -1.59. The zero-order valence-corrected chi connectivity index (χ0v) is 9.42. The second kappa shape index (κ2) is 4.42. The predicted octanol–water partition coefficient (Wildman–Crippen LogP) is 3.30. The standard InChI is InChI=1S/C12H18OP/c13-14(9-5-2-6-10-14)11-12-7-3-1-4-8-12/h1,3-4,7-8,13H,2,5-6,9-11H2. The topological polar surface area (TPSA) is 20.2 Å². The molecule has 1 nitrogen and oxygen atoms in total. The van der Waals surface area contributed by atoms with E-state index in [2.05, 4.69) is 24.3 Å². The van der Waals surface area contributed by atoms with E-state index < -0.39 is 7.49 Å². The zero-order chi connectivity index (χ0) is 9.86. The van der Waals surface area contributed by atoms with Gasteiger partial charge in [0, 0.05) is 6.16 Å². The number of hydrogen-bond donors (Lipinski definition) is 1. The molecule has 0 amide bonds. The summed E-state index contributed by atoms with van der Waals surface area (Å²) >= 11 is 0. The van der Waals surface area contributed by atoms with Crippen LogP contribution in [0.15, 0.2) is 30.3 Å². The first kappa shape index (κ1) is 10.1. The number of benzene rings is 1. The van der Waals surface area contributed by atoms with Gasteiger partial charge in [0.2, 0.25) is 0 Å². The second-order valence-corrected chi connectivity index (χ2v) is 7.65. The van der Waals surface area contributed by atoms with Gasteiger partial charge in [-0.15, -0.1) is 0 Å². The van der Waals surface area contributed by atoms with Crippen molar-refractivity contribution in [3.05, 3.63) is 35.9 Å². The van der Waals surface area contributed by atoms with Crippen molar-refractivity contribution in [3.8, 4) is 0 Å². The molecular weight excluding hydrogens is 191 g/mol. The first-order valence-electron chi connectivity index (χ1n) is 5.41. The van der Waals surface area contributed by atoms with Crippen molar-refractivity contribution in [1.29, 1.82) is 0 Å². The van der Waals surface area contributed by atoms with Crippen LogP contribution < -0.4 is 0 Å². The molecule has 1 saturated heterocycles. The first-order valence-corrected chi connectivity index (χ1v) is 7.71. The van der Waals surface area contributed by atoms with Gasteiger partial charge < -0.3 is 4.89 Å². The summed E-state index contributed by atoms with van der Waals surface area (Å²) in [5.74, 6) is 0. The fourth-order valence-corrected chi connectivity index (χ4v) is 5.24. The minimum atomic E-state index is -1.59. The molecule has 1 aliphatic heterocycles. The van der Waals surface area contributed by atoms with Crippen LogP contribution in [0.2, 0.25) is 0 Å². The van der Waals surface area contributed by atoms with Crippen molar-refractivity contribution in [1.82, 2.24) is 0 Å². The minimum absolute atomic E-state index is 0.938. The Hall–Kier alpha value is -0.390. The first-order chi connectivity index (χ1) is 6.79. The third-order valence-electron chi connectivity index (χ3n) is 2.97. The van der Waals surface area contributed by atoms with Crippen LogP contribution in [0.1, 0.15) is 24.8 Å². The maximum Gasteiger partial charge on any atom is 0.0115 e. The molecule has 0 aromatic heterocycles. The third kappa shape index (κ3) is 2.56. The fourth-order valence-electron chi connectivity index (χ4n) is 2.18. The van der Waals surface area contributed by atoms with Crippen LogP contribution in [0.3, 0.4) is 0 Å². The van der Waals surface area contributed by atoms with E-state index >= 15 is 0 Å². The lowest BCUT2D eigenvalue weighted by Gasteiger charge is -2.34. The molecule has 14 heavy (non-hydrogen) atoms. The largest absolute Gasteiger partial charge is 0.380 e. The minimum Gasteiger partial charge on any atom is -0.380 e. The van der Waals surface area contributed by atoms with Gasteiger partial charge in [-0.1, -0.05) is 36.8 Å². The van der Waals surface area contributed by atoms with Crippen molar-refractivity contribution in [3.63, 3.8) is 0 Å². The lowest BCUT2D eigenvalue weighted by molar-refractivity contribution is 0.565. The summed E-state index contributed by atoms with van der Waals surface area (Å²) in [5.41, 5.74) is 1.31. The Kier molecular flexibility index (Phi) is 3.20. The van der Waals surface area contributed by atoms with E-state index in [0.717, 1.165) is 18.5 Å². The molecule has 0 atom stereocenters. The maximum absolute atomic E-state index is 10.4. The zero-order valence-electron chi connectivity index (χ0n) is 8.52. The molecule has 1 aromatic carbocycles. The Balaban J connectivity index is 2.02. The summed E-state index contributed by atoms with van der Waals surface area (Å²) in [6.07, 6.45) is 6.89. The van der Waals surface area contributed by atoms with Crippen molar-refractivity contribution < 1.29 is 4.89 Å². The van der Waals surface area contributed by atoms with E-state index in [-0.39, 0.29) is 0 Å². The van der Waals surface area contributed by atoms with Gasteiger partial charge in [-0.05, 0) is 38.2 Å². The van der Waals surface area contributed by atoms with E-state index in [0.29, 0.717) is 0 Å². The average molecular weight is 209 g/mol. The Morgan fingerprint density at radius 3 is 2.29 bits per heavy atom. The molecule has 1 aromatic rings. The molecule has 0 spiro atoms. The molecule has 0 saturated carbocycles. The van der Waals surface area contributed by atoms with Gasteiger partial charge in [-0.2, -0.15) is 0 Å². The van der Waals surface area contributed by atoms with E-state index in [4.69, 9.17) is 0 Å². The van der Waals surface area contributed by atoms with Crippen LogP contribution in [-0.2, 0) is 6.16 Å². The highest BCUT2D eigenvalue weighted by Gasteiger charge is 2.26. The fraction of sp³-hybridized carbons (Fsp3) is 0.500. The second-order valence-electron chi connectivity index (χ2n) is 4.25. The predicted molar refractivity (Wildman–Crippen MR) is 62.9 cm³/mol. The van der Waals surface area contributed by atoms with Crippen LogP contribution in [0.25, 0.3) is 0 Å². The Morgan fingerprint density at radius 2 is 1.64 bits per heavy atom. The SMILES string of the molecule is O[P]1(Cc2ccccc2)CCCCC1. The molecule has 0 aliphatic carbocycles. The molecule has 1 N–H and O–H groups in total. The van der Waals surface area contributed by atoms with Crippen LogP contribution in [-0.4, -0.2) is 17.2 Å². The summed E-state index contributed by atoms with van der Waals surface area (Å²) in [6.45, 7) is 0. The quantitative estimate of drug-likeness (QED) is 0.741. The monoisotopic (exact) mass is 209 g/mol. The van der Waals surface area contributed by atoms with Gasteiger partial charge in [0.1, 0.15) is 0 Å². The summed E-state index contributed by atoms with van der Waals surface area (Å²) < 4.78 is 0.